The summed E-state index contributed by atoms with van der Waals surface area (Å²) in [6, 6.07) is 13.7. The number of nitrogens with zero attached hydrogens (tertiary/aromatic N) is 5. The normalized spacial score (nSPS) is 11.3. The largest absolute Gasteiger partial charge is 0.332 e. The Kier molecular flexibility index (Phi) is 5.42. The van der Waals surface area contributed by atoms with Crippen LogP contribution in [-0.4, -0.2) is 23.7 Å². The van der Waals surface area contributed by atoms with Crippen molar-refractivity contribution in [2.75, 3.05) is 0 Å². The Morgan fingerprint density at radius 1 is 1.07 bits per heavy atom. The second-order valence-electron chi connectivity index (χ2n) is 6.60. The van der Waals surface area contributed by atoms with Gasteiger partial charge in [0.15, 0.2) is 16.3 Å². The van der Waals surface area contributed by atoms with Crippen molar-refractivity contribution in [3.8, 4) is 0 Å². The number of thioether (sulfide) groups is 1. The molecule has 0 saturated heterocycles. The van der Waals surface area contributed by atoms with Crippen molar-refractivity contribution in [1.82, 2.24) is 23.7 Å². The van der Waals surface area contributed by atoms with E-state index in [-0.39, 0.29) is 5.56 Å². The standard InChI is InChI=1S/C20H18BrN5O2S/c1-24-17-16(18(27)25(2)20(24)28)26(11-13-6-5-7-14(21)10-13)19(23-17)29-12-15-8-3-4-9-22-15/h3-10H,11-12H2,1-2H3. The number of rotatable bonds is 5. The molecule has 0 unspecified atom stereocenters. The van der Waals surface area contributed by atoms with Gasteiger partial charge >= 0.3 is 5.69 Å². The number of halogens is 1. The molecular formula is C20H18BrN5O2S. The Hall–Kier alpha value is -2.65. The molecule has 0 saturated carbocycles. The van der Waals surface area contributed by atoms with E-state index in [1.807, 2.05) is 47.0 Å². The molecule has 0 radical (unpaired) electrons. The van der Waals surface area contributed by atoms with Gasteiger partial charge in [-0.25, -0.2) is 9.78 Å². The molecule has 0 atom stereocenters. The van der Waals surface area contributed by atoms with E-state index in [1.165, 1.54) is 23.4 Å². The number of hydrogen-bond acceptors (Lipinski definition) is 5. The minimum atomic E-state index is -0.393. The van der Waals surface area contributed by atoms with Gasteiger partial charge < -0.3 is 4.57 Å². The van der Waals surface area contributed by atoms with E-state index in [4.69, 9.17) is 0 Å². The lowest BCUT2D eigenvalue weighted by Crippen LogP contribution is -2.37. The molecule has 0 aliphatic carbocycles. The molecule has 0 spiro atoms. The molecule has 0 amide bonds. The van der Waals surface area contributed by atoms with Crippen molar-refractivity contribution in [3.63, 3.8) is 0 Å². The van der Waals surface area contributed by atoms with Crippen LogP contribution in [0.3, 0.4) is 0 Å². The Bertz CT molecular complexity index is 1310. The third kappa shape index (κ3) is 3.79. The zero-order chi connectivity index (χ0) is 20.5. The summed E-state index contributed by atoms with van der Waals surface area (Å²) in [6.07, 6.45) is 1.75. The third-order valence-corrected chi connectivity index (χ3v) is 6.12. The average Bonchev–Trinajstić information content (AvgIpc) is 3.08. The van der Waals surface area contributed by atoms with Crippen LogP contribution in [0.4, 0.5) is 0 Å². The summed E-state index contributed by atoms with van der Waals surface area (Å²) in [5.41, 5.74) is 2.00. The van der Waals surface area contributed by atoms with Crippen LogP contribution >= 0.6 is 27.7 Å². The molecule has 148 valence electrons. The number of benzene rings is 1. The van der Waals surface area contributed by atoms with Crippen LogP contribution in [-0.2, 0) is 26.4 Å². The molecule has 0 bridgehead atoms. The molecule has 9 heteroatoms. The maximum absolute atomic E-state index is 12.9. The molecule has 7 nitrogen and oxygen atoms in total. The fraction of sp³-hybridized carbons (Fsp3) is 0.200. The molecule has 0 aliphatic heterocycles. The third-order valence-electron chi connectivity index (χ3n) is 4.62. The van der Waals surface area contributed by atoms with Crippen molar-refractivity contribution in [1.29, 1.82) is 0 Å². The first-order valence-corrected chi connectivity index (χ1v) is 10.7. The van der Waals surface area contributed by atoms with Gasteiger partial charge in [-0.1, -0.05) is 45.9 Å². The summed E-state index contributed by atoms with van der Waals surface area (Å²) in [7, 11) is 3.12. The number of aromatic nitrogens is 5. The first kappa shape index (κ1) is 19.7. The maximum Gasteiger partial charge on any atom is 0.332 e. The van der Waals surface area contributed by atoms with Crippen LogP contribution in [0.25, 0.3) is 11.2 Å². The van der Waals surface area contributed by atoms with Gasteiger partial charge in [-0.05, 0) is 29.8 Å². The summed E-state index contributed by atoms with van der Waals surface area (Å²) in [5.74, 6) is 0.608. The van der Waals surface area contributed by atoms with Crippen molar-refractivity contribution >= 4 is 38.9 Å². The zero-order valence-electron chi connectivity index (χ0n) is 15.9. The number of hydrogen-bond donors (Lipinski definition) is 0. The van der Waals surface area contributed by atoms with Crippen LogP contribution < -0.4 is 11.2 Å². The lowest BCUT2D eigenvalue weighted by molar-refractivity contribution is 0.696. The Morgan fingerprint density at radius 3 is 2.62 bits per heavy atom. The van der Waals surface area contributed by atoms with Crippen molar-refractivity contribution in [3.05, 3.63) is 85.2 Å². The highest BCUT2D eigenvalue weighted by Gasteiger charge is 2.20. The van der Waals surface area contributed by atoms with Gasteiger partial charge in [-0.15, -0.1) is 0 Å². The smallest absolute Gasteiger partial charge is 0.309 e. The molecule has 4 aromatic rings. The molecule has 1 aromatic carbocycles. The van der Waals surface area contributed by atoms with Gasteiger partial charge in [0, 0.05) is 30.5 Å². The summed E-state index contributed by atoms with van der Waals surface area (Å²) in [6.45, 7) is 0.466. The number of pyridine rings is 1. The van der Waals surface area contributed by atoms with Crippen LogP contribution in [0.2, 0.25) is 0 Å². The van der Waals surface area contributed by atoms with Gasteiger partial charge in [0.2, 0.25) is 0 Å². The number of imidazole rings is 1. The van der Waals surface area contributed by atoms with E-state index in [0.29, 0.717) is 28.6 Å². The summed E-state index contributed by atoms with van der Waals surface area (Å²) in [5, 5.41) is 0.670. The zero-order valence-corrected chi connectivity index (χ0v) is 18.3. The highest BCUT2D eigenvalue weighted by Crippen LogP contribution is 2.26. The predicted molar refractivity (Wildman–Crippen MR) is 117 cm³/mol. The van der Waals surface area contributed by atoms with Crippen LogP contribution in [0.5, 0.6) is 0 Å². The van der Waals surface area contributed by atoms with Gasteiger partial charge in [0.05, 0.1) is 12.2 Å². The predicted octanol–water partition coefficient (Wildman–Crippen LogP) is 2.93. The molecule has 3 aromatic heterocycles. The summed E-state index contributed by atoms with van der Waals surface area (Å²) >= 11 is 4.99. The molecule has 4 rings (SSSR count). The molecule has 0 fully saturated rings. The Morgan fingerprint density at radius 2 is 1.90 bits per heavy atom. The fourth-order valence-electron chi connectivity index (χ4n) is 3.12. The van der Waals surface area contributed by atoms with Gasteiger partial charge in [0.25, 0.3) is 5.56 Å². The van der Waals surface area contributed by atoms with E-state index in [9.17, 15) is 9.59 Å². The lowest BCUT2D eigenvalue weighted by atomic mass is 10.2. The molecular weight excluding hydrogens is 454 g/mol. The molecule has 3 heterocycles. The monoisotopic (exact) mass is 471 g/mol. The fourth-order valence-corrected chi connectivity index (χ4v) is 4.48. The highest BCUT2D eigenvalue weighted by molar-refractivity contribution is 9.10. The van der Waals surface area contributed by atoms with E-state index < -0.39 is 5.69 Å². The van der Waals surface area contributed by atoms with Gasteiger partial charge in [0.1, 0.15) is 0 Å². The highest BCUT2D eigenvalue weighted by atomic mass is 79.9. The van der Waals surface area contributed by atoms with Gasteiger partial charge in [-0.2, -0.15) is 0 Å². The maximum atomic E-state index is 12.9. The minimum Gasteiger partial charge on any atom is -0.309 e. The van der Waals surface area contributed by atoms with E-state index in [0.717, 1.165) is 20.3 Å². The SMILES string of the molecule is Cn1c(=O)c2c(nc(SCc3ccccn3)n2Cc2cccc(Br)c2)n(C)c1=O. The van der Waals surface area contributed by atoms with Crippen molar-refractivity contribution in [2.24, 2.45) is 14.1 Å². The number of aryl methyl sites for hydroxylation is 1. The van der Waals surface area contributed by atoms with Crippen molar-refractivity contribution in [2.45, 2.75) is 17.5 Å². The summed E-state index contributed by atoms with van der Waals surface area (Å²) < 4.78 is 5.38. The Balaban J connectivity index is 1.86. The minimum absolute atomic E-state index is 0.352. The first-order chi connectivity index (χ1) is 14.0. The van der Waals surface area contributed by atoms with Crippen LogP contribution in [0, 0.1) is 0 Å². The van der Waals surface area contributed by atoms with E-state index >= 15 is 0 Å². The van der Waals surface area contributed by atoms with E-state index in [2.05, 4.69) is 25.9 Å². The molecule has 0 N–H and O–H groups in total. The van der Waals surface area contributed by atoms with Crippen LogP contribution in [0.15, 0.2) is 67.9 Å². The molecule has 0 aliphatic rings. The molecule has 29 heavy (non-hydrogen) atoms. The Labute approximate surface area is 179 Å². The van der Waals surface area contributed by atoms with Crippen LogP contribution in [0.1, 0.15) is 11.3 Å². The van der Waals surface area contributed by atoms with Crippen molar-refractivity contribution < 1.29 is 0 Å². The quantitative estimate of drug-likeness (QED) is 0.418. The van der Waals surface area contributed by atoms with Gasteiger partial charge in [-0.3, -0.25) is 18.9 Å². The topological polar surface area (TPSA) is 74.7 Å². The second kappa shape index (κ2) is 8.00. The second-order valence-corrected chi connectivity index (χ2v) is 8.46. The number of fused-ring (bicyclic) bond motifs is 1. The first-order valence-electron chi connectivity index (χ1n) is 8.89. The average molecular weight is 472 g/mol. The lowest BCUT2D eigenvalue weighted by Gasteiger charge is -2.10. The van der Waals surface area contributed by atoms with E-state index in [1.54, 1.807) is 13.2 Å². The summed E-state index contributed by atoms with van der Waals surface area (Å²) in [4.78, 5) is 34.3.